The minimum absolute atomic E-state index is 0. The molecule has 0 saturated heterocycles. The number of fused-ring (bicyclic) bond motifs is 1. The molecule has 3 nitrogen and oxygen atoms in total. The first-order valence-corrected chi connectivity index (χ1v) is 11.2. The summed E-state index contributed by atoms with van der Waals surface area (Å²) in [5.74, 6) is 1.84. The number of benzene rings is 1. The minimum atomic E-state index is 0. The molecule has 1 aromatic carbocycles. The van der Waals surface area contributed by atoms with E-state index in [4.69, 9.17) is 14.9 Å². The van der Waals surface area contributed by atoms with Crippen LogP contribution in [0.25, 0.3) is 11.3 Å². The molecule has 31 heavy (non-hydrogen) atoms. The van der Waals surface area contributed by atoms with Gasteiger partial charge in [0.15, 0.2) is 0 Å². The number of aliphatic hydroxyl groups excluding tert-OH is 1. The Labute approximate surface area is 199 Å². The quantitative estimate of drug-likeness (QED) is 0.197. The summed E-state index contributed by atoms with van der Waals surface area (Å²) in [6.45, 7) is 7.86. The number of aromatic nitrogens is 1. The minimum Gasteiger partial charge on any atom is -0.512 e. The number of nitrogens with zero attached hydrogens (tertiary/aromatic N) is 1. The van der Waals surface area contributed by atoms with Crippen LogP contribution in [0.4, 0.5) is 0 Å². The summed E-state index contributed by atoms with van der Waals surface area (Å²) in [6.07, 6.45) is 11.1. The second-order valence-corrected chi connectivity index (χ2v) is 9.81. The Bertz CT molecular complexity index is 1000. The molecule has 167 valence electrons. The monoisotopic (exact) mass is 596 g/mol. The first-order valence-electron chi connectivity index (χ1n) is 11.2. The number of aliphatic hydroxyl groups is 1. The Hall–Kier alpha value is -1.77. The van der Waals surface area contributed by atoms with Gasteiger partial charge in [-0.05, 0) is 60.3 Å². The van der Waals surface area contributed by atoms with Crippen molar-refractivity contribution >= 4 is 5.78 Å². The summed E-state index contributed by atoms with van der Waals surface area (Å²) in [7, 11) is 0. The molecule has 0 amide bonds. The van der Waals surface area contributed by atoms with Crippen molar-refractivity contribution in [3.63, 3.8) is 0 Å². The fourth-order valence-electron chi connectivity index (χ4n) is 5.41. The van der Waals surface area contributed by atoms with Gasteiger partial charge in [0.05, 0.1) is 18.8 Å². The van der Waals surface area contributed by atoms with E-state index in [1.165, 1.54) is 80.7 Å². The van der Waals surface area contributed by atoms with Crippen LogP contribution in [0.2, 0.25) is 0 Å². The maximum absolute atomic E-state index is 8.40. The molecule has 6 rings (SSSR count). The van der Waals surface area contributed by atoms with E-state index in [0.29, 0.717) is 5.41 Å². The van der Waals surface area contributed by atoms with Gasteiger partial charge in [0.25, 0.3) is 0 Å². The fraction of sp³-hybridized carbons (Fsp3) is 0.481. The normalized spacial score (nSPS) is 22.5. The van der Waals surface area contributed by atoms with Crippen LogP contribution in [0.5, 0.6) is 0 Å². The molecule has 2 N–H and O–H groups in total. The molecule has 2 atom stereocenters. The van der Waals surface area contributed by atoms with Gasteiger partial charge in [0.2, 0.25) is 0 Å². The van der Waals surface area contributed by atoms with Gasteiger partial charge >= 0.3 is 5.78 Å². The number of carbonyl (C=O) groups excluding carboxylic acids is 1. The van der Waals surface area contributed by atoms with E-state index in [2.05, 4.69) is 44.3 Å². The number of rotatable bonds is 2. The van der Waals surface area contributed by atoms with Gasteiger partial charge in [-0.25, -0.2) is 0 Å². The molecule has 1 fully saturated rings. The topological polar surface area (TPSA) is 54.5 Å². The summed E-state index contributed by atoms with van der Waals surface area (Å²) in [4.78, 5) is 13.2. The Balaban J connectivity index is 0.000000299. The van der Waals surface area contributed by atoms with Crippen LogP contribution in [0.15, 0.2) is 36.2 Å². The molecular weight excluding hydrogens is 563 g/mol. The molecule has 1 heterocycles. The maximum atomic E-state index is 8.40. The van der Waals surface area contributed by atoms with Crippen molar-refractivity contribution in [1.82, 2.24) is 4.98 Å². The van der Waals surface area contributed by atoms with Crippen LogP contribution >= 0.6 is 0 Å². The van der Waals surface area contributed by atoms with E-state index < -0.39 is 0 Å². The summed E-state index contributed by atoms with van der Waals surface area (Å²) in [5, 5.41) is 8.40. The van der Waals surface area contributed by atoms with Crippen molar-refractivity contribution in [2.45, 2.75) is 72.1 Å². The van der Waals surface area contributed by atoms with Crippen molar-refractivity contribution < 1.29 is 30.0 Å². The summed E-state index contributed by atoms with van der Waals surface area (Å²) in [5.41, 5.74) is 8.87. The van der Waals surface area contributed by atoms with E-state index in [-0.39, 0.29) is 31.6 Å². The van der Waals surface area contributed by atoms with E-state index in [1.54, 1.807) is 5.56 Å². The van der Waals surface area contributed by atoms with Gasteiger partial charge in [-0.2, -0.15) is 0 Å². The van der Waals surface area contributed by atoms with Crippen LogP contribution in [0.1, 0.15) is 75.1 Å². The largest absolute Gasteiger partial charge is 0.512 e. The molecule has 4 aliphatic rings. The van der Waals surface area contributed by atoms with Crippen molar-refractivity contribution in [3.8, 4) is 11.3 Å². The number of pyridine rings is 1. The first-order chi connectivity index (χ1) is 14.3. The van der Waals surface area contributed by atoms with Crippen molar-refractivity contribution in [1.29, 1.82) is 0 Å². The van der Waals surface area contributed by atoms with Crippen LogP contribution < -0.4 is 0 Å². The van der Waals surface area contributed by atoms with Crippen LogP contribution in [-0.4, -0.2) is 20.7 Å². The summed E-state index contributed by atoms with van der Waals surface area (Å²) in [6, 6.07) is 10.4. The molecule has 2 aromatic rings. The van der Waals surface area contributed by atoms with E-state index in [9.17, 15) is 0 Å². The molecule has 2 unspecified atom stereocenters. The molecular formula is C27H33IrNO2. The van der Waals surface area contributed by atoms with Crippen molar-refractivity contribution in [2.75, 3.05) is 0 Å². The van der Waals surface area contributed by atoms with Gasteiger partial charge in [0.1, 0.15) is 0 Å². The number of hydrogen-bond donors (Lipinski definition) is 1. The van der Waals surface area contributed by atoms with E-state index >= 15 is 0 Å². The molecule has 2 bridgehead atoms. The fourth-order valence-corrected chi connectivity index (χ4v) is 5.41. The average molecular weight is 596 g/mol. The van der Waals surface area contributed by atoms with E-state index in [1.807, 2.05) is 0 Å². The predicted octanol–water partition coefficient (Wildman–Crippen LogP) is 6.12. The van der Waals surface area contributed by atoms with Crippen LogP contribution in [0, 0.1) is 17.4 Å². The van der Waals surface area contributed by atoms with Gasteiger partial charge in [0, 0.05) is 26.3 Å². The third-order valence-corrected chi connectivity index (χ3v) is 7.31. The zero-order chi connectivity index (χ0) is 21.5. The third-order valence-electron chi connectivity index (χ3n) is 7.31. The zero-order valence-corrected chi connectivity index (χ0v) is 21.4. The second kappa shape index (κ2) is 9.38. The Morgan fingerprint density at radius 2 is 1.87 bits per heavy atom. The summed E-state index contributed by atoms with van der Waals surface area (Å²) < 4.78 is 0. The van der Waals surface area contributed by atoms with Gasteiger partial charge in [-0.1, -0.05) is 39.2 Å². The van der Waals surface area contributed by atoms with Gasteiger partial charge in [-0.15, -0.1) is 34.9 Å². The number of ketones is 1. The number of hydrogen-bond acceptors (Lipinski definition) is 2. The molecule has 0 aliphatic heterocycles. The maximum Gasteiger partial charge on any atom is 0.316 e. The predicted molar refractivity (Wildman–Crippen MR) is 122 cm³/mol. The molecule has 1 aromatic heterocycles. The molecule has 4 heteroatoms. The molecule has 4 aliphatic carbocycles. The molecule has 0 spiro atoms. The number of aryl methyl sites for hydroxylation is 2. The first kappa shape index (κ1) is 23.9. The SMILES string of the molecule is CC(=[OH+])/C=C(/C)O.CC1(C)C2Cc3cc(-c4[c-]cc5c(c4)CCCC5)ncc3C1C2.[Ir]. The summed E-state index contributed by atoms with van der Waals surface area (Å²) >= 11 is 0. The van der Waals surface area contributed by atoms with E-state index in [0.717, 1.165) is 17.5 Å². The molecule has 1 saturated carbocycles. The zero-order valence-electron chi connectivity index (χ0n) is 19.0. The molecule has 1 radical (unpaired) electrons. The Kier molecular flexibility index (Phi) is 7.23. The van der Waals surface area contributed by atoms with Crippen LogP contribution in [-0.2, 0) is 39.4 Å². The Morgan fingerprint density at radius 3 is 2.48 bits per heavy atom. The van der Waals surface area contributed by atoms with Crippen LogP contribution in [0.3, 0.4) is 0 Å². The second-order valence-electron chi connectivity index (χ2n) is 9.81. The standard InChI is InChI=1S/C22H24N.C5H8O2.Ir/c1-22(2)18-10-17-11-21(23-13-19(17)20(22)12-18)16-8-7-14-5-3-4-6-15(14)9-16;1-4(6)3-5(2)7;/h7,9,11,13,18,20H,3-6,10,12H2,1-2H3;3,6H,1-2H3;/q-1;;/p+1/b;4-3-;. The van der Waals surface area contributed by atoms with Gasteiger partial charge in [-0.3, -0.25) is 4.79 Å². The smallest absolute Gasteiger partial charge is 0.316 e. The third kappa shape index (κ3) is 4.86. The average Bonchev–Trinajstić information content (AvgIpc) is 2.71. The number of allylic oxidation sites excluding steroid dienone is 2. The van der Waals surface area contributed by atoms with Crippen molar-refractivity contribution in [2.24, 2.45) is 11.3 Å². The Morgan fingerprint density at radius 1 is 1.16 bits per heavy atom. The van der Waals surface area contributed by atoms with Gasteiger partial charge < -0.3 is 10.1 Å². The van der Waals surface area contributed by atoms with Crippen molar-refractivity contribution in [3.05, 3.63) is 64.6 Å².